The molecule has 0 atom stereocenters. The normalized spacial score (nSPS) is 9.25. The third-order valence-corrected chi connectivity index (χ3v) is 1.78. The van der Waals surface area contributed by atoms with Crippen molar-refractivity contribution < 1.29 is 14.5 Å². The van der Waals surface area contributed by atoms with Gasteiger partial charge in [-0.25, -0.2) is 4.57 Å². The standard InChI is InChI=1S/C7H9N3O4.C2H6/c1-9-6(4-14-2)5(3-11)8-7(9)10(12)13;1-2/h3H,4H2,1-2H3;1-2H3. The molecule has 16 heavy (non-hydrogen) atoms. The number of aldehydes is 1. The highest BCUT2D eigenvalue weighted by atomic mass is 16.6. The van der Waals surface area contributed by atoms with Crippen LogP contribution in [0.15, 0.2) is 0 Å². The van der Waals surface area contributed by atoms with Crippen LogP contribution in [0.3, 0.4) is 0 Å². The van der Waals surface area contributed by atoms with Gasteiger partial charge in [-0.2, -0.15) is 0 Å². The lowest BCUT2D eigenvalue weighted by atomic mass is 10.3. The van der Waals surface area contributed by atoms with E-state index in [2.05, 4.69) is 4.98 Å². The van der Waals surface area contributed by atoms with Gasteiger partial charge in [0, 0.05) is 7.11 Å². The quantitative estimate of drug-likeness (QED) is 0.441. The highest BCUT2D eigenvalue weighted by molar-refractivity contribution is 5.74. The van der Waals surface area contributed by atoms with Crippen LogP contribution in [0.25, 0.3) is 0 Å². The first-order valence-electron chi connectivity index (χ1n) is 4.76. The Balaban J connectivity index is 0.00000106. The number of ether oxygens (including phenoxy) is 1. The molecule has 0 bridgehead atoms. The van der Waals surface area contributed by atoms with E-state index < -0.39 is 4.92 Å². The number of carbonyl (C=O) groups excluding carboxylic acids is 1. The Kier molecular flexibility index (Phi) is 5.94. The van der Waals surface area contributed by atoms with E-state index in [0.29, 0.717) is 12.0 Å². The van der Waals surface area contributed by atoms with Crippen LogP contribution in [-0.2, 0) is 18.4 Å². The lowest BCUT2D eigenvalue weighted by Crippen LogP contribution is -2.03. The summed E-state index contributed by atoms with van der Waals surface area (Å²) in [6.07, 6.45) is 0.474. The maximum absolute atomic E-state index is 10.5. The Morgan fingerprint density at radius 1 is 1.56 bits per heavy atom. The Bertz CT molecular complexity index is 373. The van der Waals surface area contributed by atoms with Gasteiger partial charge in [-0.05, 0) is 4.92 Å². The first-order chi connectivity index (χ1) is 7.61. The molecule has 0 aliphatic carbocycles. The molecule has 0 radical (unpaired) electrons. The minimum absolute atomic E-state index is 0.0426. The third-order valence-electron chi connectivity index (χ3n) is 1.78. The van der Waals surface area contributed by atoms with Crippen LogP contribution >= 0.6 is 0 Å². The van der Waals surface area contributed by atoms with Crippen molar-refractivity contribution in [1.29, 1.82) is 0 Å². The molecule has 7 nitrogen and oxygen atoms in total. The van der Waals surface area contributed by atoms with Crippen molar-refractivity contribution >= 4 is 12.2 Å². The van der Waals surface area contributed by atoms with Gasteiger partial charge < -0.3 is 14.9 Å². The van der Waals surface area contributed by atoms with E-state index in [1.807, 2.05) is 13.8 Å². The molecule has 0 amide bonds. The van der Waals surface area contributed by atoms with Crippen LogP contribution in [0.1, 0.15) is 30.0 Å². The van der Waals surface area contributed by atoms with Crippen molar-refractivity contribution in [3.63, 3.8) is 0 Å². The Morgan fingerprint density at radius 2 is 2.12 bits per heavy atom. The third kappa shape index (κ3) is 2.86. The molecule has 0 saturated heterocycles. The highest BCUT2D eigenvalue weighted by Gasteiger charge is 2.23. The van der Waals surface area contributed by atoms with Crippen molar-refractivity contribution in [3.8, 4) is 0 Å². The first kappa shape index (κ1) is 14.2. The number of hydrogen-bond donors (Lipinski definition) is 0. The maximum atomic E-state index is 10.5. The number of aromatic nitrogens is 2. The molecular weight excluding hydrogens is 214 g/mol. The van der Waals surface area contributed by atoms with E-state index in [1.54, 1.807) is 0 Å². The molecule has 7 heteroatoms. The lowest BCUT2D eigenvalue weighted by molar-refractivity contribution is -0.396. The van der Waals surface area contributed by atoms with Crippen molar-refractivity contribution in [2.45, 2.75) is 20.5 Å². The zero-order chi connectivity index (χ0) is 12.7. The van der Waals surface area contributed by atoms with Gasteiger partial charge in [-0.3, -0.25) is 4.79 Å². The number of methoxy groups -OCH3 is 1. The largest absolute Gasteiger partial charge is 0.435 e. The summed E-state index contributed by atoms with van der Waals surface area (Å²) in [5.74, 6) is -0.362. The zero-order valence-electron chi connectivity index (χ0n) is 9.76. The van der Waals surface area contributed by atoms with Gasteiger partial charge in [-0.15, -0.1) is 0 Å². The fourth-order valence-corrected chi connectivity index (χ4v) is 1.10. The summed E-state index contributed by atoms with van der Waals surface area (Å²) >= 11 is 0. The number of imidazole rings is 1. The van der Waals surface area contributed by atoms with Crippen molar-refractivity contribution in [1.82, 2.24) is 9.55 Å². The van der Waals surface area contributed by atoms with Gasteiger partial charge in [0.25, 0.3) is 0 Å². The number of nitrogens with zero attached hydrogens (tertiary/aromatic N) is 3. The fourth-order valence-electron chi connectivity index (χ4n) is 1.10. The van der Waals surface area contributed by atoms with Crippen LogP contribution in [0.2, 0.25) is 0 Å². The molecule has 0 spiro atoms. The second-order valence-corrected chi connectivity index (χ2v) is 2.61. The van der Waals surface area contributed by atoms with E-state index in [4.69, 9.17) is 4.74 Å². The predicted molar refractivity (Wildman–Crippen MR) is 57.3 cm³/mol. The van der Waals surface area contributed by atoms with Gasteiger partial charge >= 0.3 is 5.95 Å². The Hall–Kier alpha value is -1.76. The second kappa shape index (κ2) is 6.67. The molecule has 1 rings (SSSR count). The molecular formula is C9H15N3O4. The van der Waals surface area contributed by atoms with Crippen LogP contribution in [0.5, 0.6) is 0 Å². The minimum Gasteiger partial charge on any atom is -0.390 e. The summed E-state index contributed by atoms with van der Waals surface area (Å²) in [7, 11) is 2.90. The molecule has 0 aliphatic rings. The van der Waals surface area contributed by atoms with Crippen LogP contribution in [-0.4, -0.2) is 27.9 Å². The number of rotatable bonds is 4. The van der Waals surface area contributed by atoms with Crippen LogP contribution < -0.4 is 0 Å². The van der Waals surface area contributed by atoms with Crippen molar-refractivity contribution in [2.24, 2.45) is 7.05 Å². The zero-order valence-corrected chi connectivity index (χ0v) is 9.76. The molecule has 0 N–H and O–H groups in total. The summed E-state index contributed by atoms with van der Waals surface area (Å²) in [4.78, 5) is 23.9. The minimum atomic E-state index is -0.647. The van der Waals surface area contributed by atoms with Gasteiger partial charge in [0.1, 0.15) is 6.61 Å². The monoisotopic (exact) mass is 229 g/mol. The van der Waals surface area contributed by atoms with Gasteiger partial charge in [0.05, 0.1) is 7.05 Å². The van der Waals surface area contributed by atoms with Gasteiger partial charge in [0.2, 0.25) is 5.69 Å². The SMILES string of the molecule is CC.COCc1c(C=O)nc([N+](=O)[O-])n1C. The van der Waals surface area contributed by atoms with Crippen molar-refractivity contribution in [3.05, 3.63) is 21.5 Å². The van der Waals surface area contributed by atoms with E-state index in [1.165, 1.54) is 18.7 Å². The van der Waals surface area contributed by atoms with Crippen LogP contribution in [0.4, 0.5) is 5.95 Å². The van der Waals surface area contributed by atoms with E-state index in [9.17, 15) is 14.9 Å². The van der Waals surface area contributed by atoms with Crippen LogP contribution in [0, 0.1) is 10.1 Å². The first-order valence-corrected chi connectivity index (χ1v) is 4.76. The maximum Gasteiger partial charge on any atom is 0.435 e. The number of nitro groups is 1. The van der Waals surface area contributed by atoms with E-state index in [0.717, 1.165) is 0 Å². The topological polar surface area (TPSA) is 87.3 Å². The number of carbonyl (C=O) groups is 1. The second-order valence-electron chi connectivity index (χ2n) is 2.61. The average molecular weight is 229 g/mol. The Labute approximate surface area is 93.2 Å². The molecule has 0 aliphatic heterocycles. The molecule has 0 fully saturated rings. The summed E-state index contributed by atoms with van der Waals surface area (Å²) in [5, 5.41) is 10.5. The van der Waals surface area contributed by atoms with E-state index >= 15 is 0 Å². The average Bonchev–Trinajstić information content (AvgIpc) is 2.60. The molecule has 0 unspecified atom stereocenters. The molecule has 90 valence electrons. The summed E-state index contributed by atoms with van der Waals surface area (Å²) in [5.41, 5.74) is 0.440. The molecule has 1 aromatic rings. The summed E-state index contributed by atoms with van der Waals surface area (Å²) in [6, 6.07) is 0. The predicted octanol–water partition coefficient (Wildman–Crippen LogP) is 1.31. The molecule has 1 aromatic heterocycles. The van der Waals surface area contributed by atoms with E-state index in [-0.39, 0.29) is 18.2 Å². The number of hydrogen-bond acceptors (Lipinski definition) is 5. The van der Waals surface area contributed by atoms with Gasteiger partial charge in [-0.1, -0.05) is 18.8 Å². The van der Waals surface area contributed by atoms with Gasteiger partial charge in [0.15, 0.2) is 12.0 Å². The molecule has 0 saturated carbocycles. The summed E-state index contributed by atoms with van der Waals surface area (Å²) < 4.78 is 6.03. The molecule has 1 heterocycles. The smallest absolute Gasteiger partial charge is 0.390 e. The Morgan fingerprint density at radius 3 is 2.50 bits per heavy atom. The van der Waals surface area contributed by atoms with Crippen molar-refractivity contribution in [2.75, 3.05) is 7.11 Å². The summed E-state index contributed by atoms with van der Waals surface area (Å²) in [6.45, 7) is 4.12. The molecule has 0 aromatic carbocycles. The highest BCUT2D eigenvalue weighted by Crippen LogP contribution is 2.15. The lowest BCUT2D eigenvalue weighted by Gasteiger charge is -1.97. The fraction of sp³-hybridized carbons (Fsp3) is 0.556.